The highest BCUT2D eigenvalue weighted by molar-refractivity contribution is 7.89. The molecular formula is C27H27N3O3S2. The van der Waals surface area contributed by atoms with Crippen LogP contribution in [0.5, 0.6) is 0 Å². The third-order valence-corrected chi connectivity index (χ3v) is 9.22. The van der Waals surface area contributed by atoms with E-state index in [-0.39, 0.29) is 18.2 Å². The van der Waals surface area contributed by atoms with Gasteiger partial charge in [-0.1, -0.05) is 53.8 Å². The fourth-order valence-electron chi connectivity index (χ4n) is 4.68. The molecule has 2 heterocycles. The van der Waals surface area contributed by atoms with Crippen molar-refractivity contribution in [3.8, 4) is 0 Å². The molecule has 180 valence electrons. The number of nitrogens with zero attached hydrogens (tertiary/aromatic N) is 3. The first kappa shape index (κ1) is 23.7. The molecule has 3 aromatic carbocycles. The third kappa shape index (κ3) is 4.49. The van der Waals surface area contributed by atoms with Crippen LogP contribution in [0.1, 0.15) is 29.2 Å². The number of thiazole rings is 1. The molecule has 0 fully saturated rings. The zero-order chi connectivity index (χ0) is 24.7. The summed E-state index contributed by atoms with van der Waals surface area (Å²) in [4.78, 5) is 20.8. The van der Waals surface area contributed by atoms with Crippen LogP contribution in [-0.2, 0) is 27.8 Å². The van der Waals surface area contributed by atoms with E-state index >= 15 is 0 Å². The van der Waals surface area contributed by atoms with Gasteiger partial charge in [0.1, 0.15) is 6.04 Å². The number of amides is 1. The number of sulfonamides is 1. The minimum absolute atomic E-state index is 0.0658. The molecule has 1 atom stereocenters. The maximum absolute atomic E-state index is 14.4. The number of fused-ring (bicyclic) bond motifs is 2. The smallest absolute Gasteiger partial charge is 0.252 e. The zero-order valence-corrected chi connectivity index (χ0v) is 21.6. The average Bonchev–Trinajstić information content (AvgIpc) is 3.26. The van der Waals surface area contributed by atoms with E-state index in [0.717, 1.165) is 32.5 Å². The number of carbonyl (C=O) groups is 1. The molecule has 1 aliphatic rings. The second-order valence-corrected chi connectivity index (χ2v) is 12.1. The van der Waals surface area contributed by atoms with E-state index in [1.807, 2.05) is 74.5 Å². The number of aromatic nitrogens is 1. The Bertz CT molecular complexity index is 1470. The van der Waals surface area contributed by atoms with Crippen LogP contribution in [0, 0.1) is 13.8 Å². The van der Waals surface area contributed by atoms with Gasteiger partial charge in [0.2, 0.25) is 10.0 Å². The summed E-state index contributed by atoms with van der Waals surface area (Å²) < 4.78 is 28.7. The topological polar surface area (TPSA) is 70.6 Å². The van der Waals surface area contributed by atoms with Gasteiger partial charge in [-0.15, -0.1) is 0 Å². The molecule has 5 rings (SSSR count). The van der Waals surface area contributed by atoms with E-state index in [9.17, 15) is 13.2 Å². The molecule has 35 heavy (non-hydrogen) atoms. The van der Waals surface area contributed by atoms with Gasteiger partial charge >= 0.3 is 0 Å². The minimum Gasteiger partial charge on any atom is -0.272 e. The van der Waals surface area contributed by atoms with Gasteiger partial charge in [0, 0.05) is 6.54 Å². The Morgan fingerprint density at radius 3 is 2.37 bits per heavy atom. The number of benzene rings is 3. The molecule has 6 nitrogen and oxygen atoms in total. The molecule has 0 spiro atoms. The molecule has 1 aliphatic heterocycles. The Hall–Kier alpha value is -3.07. The van der Waals surface area contributed by atoms with E-state index in [0.29, 0.717) is 17.2 Å². The number of anilines is 2. The lowest BCUT2D eigenvalue weighted by Crippen LogP contribution is -2.53. The normalized spacial score (nSPS) is 16.3. The lowest BCUT2D eigenvalue weighted by molar-refractivity contribution is -0.121. The molecule has 0 saturated heterocycles. The number of para-hydroxylation sites is 1. The van der Waals surface area contributed by atoms with Gasteiger partial charge in [0.25, 0.3) is 5.91 Å². The summed E-state index contributed by atoms with van der Waals surface area (Å²) >= 11 is 1.43. The summed E-state index contributed by atoms with van der Waals surface area (Å²) in [5.41, 5.74) is 5.47. The van der Waals surface area contributed by atoms with Gasteiger partial charge in [0.15, 0.2) is 5.13 Å². The summed E-state index contributed by atoms with van der Waals surface area (Å²) in [7, 11) is -3.63. The number of rotatable bonds is 5. The molecular weight excluding hydrogens is 478 g/mol. The van der Waals surface area contributed by atoms with Crippen LogP contribution >= 0.6 is 11.3 Å². The molecule has 0 saturated carbocycles. The summed E-state index contributed by atoms with van der Waals surface area (Å²) in [5, 5.41) is 0.536. The van der Waals surface area contributed by atoms with Crippen molar-refractivity contribution in [2.24, 2.45) is 0 Å². The summed E-state index contributed by atoms with van der Waals surface area (Å²) in [6.07, 6.45) is 0.320. The summed E-state index contributed by atoms with van der Waals surface area (Å²) in [6, 6.07) is 20.6. The maximum atomic E-state index is 14.4. The molecule has 8 heteroatoms. The zero-order valence-electron chi connectivity index (χ0n) is 19.9. The lowest BCUT2D eigenvalue weighted by atomic mass is 9.95. The monoisotopic (exact) mass is 505 g/mol. The second kappa shape index (κ2) is 9.18. The summed E-state index contributed by atoms with van der Waals surface area (Å²) in [5.74, 6) is -0.357. The highest BCUT2D eigenvalue weighted by Crippen LogP contribution is 2.37. The number of carbonyl (C=O) groups excluding carboxylic acids is 1. The van der Waals surface area contributed by atoms with Crippen molar-refractivity contribution in [1.29, 1.82) is 0 Å². The minimum atomic E-state index is -3.63. The van der Waals surface area contributed by atoms with E-state index < -0.39 is 16.1 Å². The lowest BCUT2D eigenvalue weighted by Gasteiger charge is -2.37. The van der Waals surface area contributed by atoms with Crippen molar-refractivity contribution >= 4 is 48.3 Å². The molecule has 0 bridgehead atoms. The molecule has 1 aromatic heterocycles. The molecule has 0 aliphatic carbocycles. The van der Waals surface area contributed by atoms with Crippen molar-refractivity contribution in [1.82, 2.24) is 9.29 Å². The molecule has 0 radical (unpaired) electrons. The Morgan fingerprint density at radius 1 is 1.03 bits per heavy atom. The van der Waals surface area contributed by atoms with Gasteiger partial charge in [-0.2, -0.15) is 4.31 Å². The van der Waals surface area contributed by atoms with Gasteiger partial charge in [-0.25, -0.2) is 13.4 Å². The van der Waals surface area contributed by atoms with E-state index in [2.05, 4.69) is 6.07 Å². The fraction of sp³-hybridized carbons (Fsp3) is 0.259. The van der Waals surface area contributed by atoms with E-state index in [1.165, 1.54) is 15.6 Å². The SMILES string of the molecule is CCS(=O)(=O)N1Cc2ccccc2C[C@H]1C(=O)N(c1cc(C)cc(C)c1)c1nc2ccccc2s1. The Labute approximate surface area is 209 Å². The Morgan fingerprint density at radius 2 is 1.69 bits per heavy atom. The van der Waals surface area contributed by atoms with E-state index in [4.69, 9.17) is 4.98 Å². The number of hydrogen-bond donors (Lipinski definition) is 0. The van der Waals surface area contributed by atoms with Crippen LogP contribution in [0.15, 0.2) is 66.7 Å². The van der Waals surface area contributed by atoms with Gasteiger partial charge in [-0.05, 0) is 73.7 Å². The maximum Gasteiger partial charge on any atom is 0.252 e. The standard InChI is InChI=1S/C27H27N3O3S2/c1-4-35(32,33)29-17-21-10-6-5-9-20(21)16-24(29)26(31)30(22-14-18(2)13-19(3)15-22)27-28-23-11-7-8-12-25(23)34-27/h5-15,24H,4,16-17H2,1-3H3/t24-/m0/s1. The van der Waals surface area contributed by atoms with Gasteiger partial charge < -0.3 is 0 Å². The van der Waals surface area contributed by atoms with Crippen LogP contribution in [0.25, 0.3) is 10.2 Å². The average molecular weight is 506 g/mol. The van der Waals surface area contributed by atoms with Crippen molar-refractivity contribution in [2.75, 3.05) is 10.7 Å². The number of aryl methyl sites for hydroxylation is 2. The third-order valence-electron chi connectivity index (χ3n) is 6.37. The number of hydrogen-bond acceptors (Lipinski definition) is 5. The van der Waals surface area contributed by atoms with Gasteiger partial charge in [0.05, 0.1) is 21.7 Å². The molecule has 4 aromatic rings. The molecule has 0 N–H and O–H groups in total. The first-order valence-electron chi connectivity index (χ1n) is 11.6. The van der Waals surface area contributed by atoms with Crippen LogP contribution in [-0.4, -0.2) is 35.4 Å². The van der Waals surface area contributed by atoms with Gasteiger partial charge in [-0.3, -0.25) is 9.69 Å². The molecule has 0 unspecified atom stereocenters. The van der Waals surface area contributed by atoms with Crippen molar-refractivity contribution < 1.29 is 13.2 Å². The second-order valence-electron chi connectivity index (χ2n) is 8.92. The molecule has 1 amide bonds. The van der Waals surface area contributed by atoms with Crippen LogP contribution in [0.3, 0.4) is 0 Å². The van der Waals surface area contributed by atoms with Crippen molar-refractivity contribution in [2.45, 2.75) is 39.8 Å². The Balaban J connectivity index is 1.67. The first-order chi connectivity index (χ1) is 16.8. The highest BCUT2D eigenvalue weighted by Gasteiger charge is 2.41. The highest BCUT2D eigenvalue weighted by atomic mass is 32.2. The largest absolute Gasteiger partial charge is 0.272 e. The predicted octanol–water partition coefficient (Wildman–Crippen LogP) is 5.35. The Kier molecular flexibility index (Phi) is 6.21. The fourth-order valence-corrected chi connectivity index (χ4v) is 6.90. The predicted molar refractivity (Wildman–Crippen MR) is 142 cm³/mol. The first-order valence-corrected chi connectivity index (χ1v) is 14.0. The van der Waals surface area contributed by atoms with E-state index in [1.54, 1.807) is 11.8 Å². The van der Waals surface area contributed by atoms with Crippen LogP contribution < -0.4 is 4.90 Å². The summed E-state index contributed by atoms with van der Waals surface area (Å²) in [6.45, 7) is 5.78. The van der Waals surface area contributed by atoms with Crippen LogP contribution in [0.4, 0.5) is 10.8 Å². The quantitative estimate of drug-likeness (QED) is 0.366. The van der Waals surface area contributed by atoms with Crippen molar-refractivity contribution in [3.63, 3.8) is 0 Å². The van der Waals surface area contributed by atoms with Crippen molar-refractivity contribution in [3.05, 3.63) is 89.0 Å². The van der Waals surface area contributed by atoms with Crippen LogP contribution in [0.2, 0.25) is 0 Å².